The second kappa shape index (κ2) is 3.67. The van der Waals surface area contributed by atoms with Crippen LogP contribution in [0.4, 0.5) is 0 Å². The molecule has 0 aliphatic rings. The minimum Gasteiger partial charge on any atom is -0.331 e. The number of pyridine rings is 1. The number of halogens is 1. The fraction of sp³-hybridized carbons (Fsp3) is 0. The second-order valence-corrected chi connectivity index (χ2v) is 3.38. The van der Waals surface area contributed by atoms with Crippen LogP contribution in [-0.4, -0.2) is 21.4 Å². The van der Waals surface area contributed by atoms with E-state index in [1.165, 1.54) is 0 Å². The molecule has 0 aromatic carbocycles. The van der Waals surface area contributed by atoms with Crippen molar-refractivity contribution in [3.8, 4) is 11.4 Å². The van der Waals surface area contributed by atoms with Crippen molar-refractivity contribution in [3.05, 3.63) is 28.8 Å². The summed E-state index contributed by atoms with van der Waals surface area (Å²) in [5, 5.41) is 3.62. The molecule has 2 aromatic heterocycles. The molecule has 6 heteroatoms. The summed E-state index contributed by atoms with van der Waals surface area (Å²) in [5.74, 6) is 0.306. The lowest BCUT2D eigenvalue weighted by Gasteiger charge is -1.92. The number of aromatic nitrogens is 3. The Hall–Kier alpha value is -1.56. The number of rotatable bonds is 2. The predicted octanol–water partition coefficient (Wildman–Crippen LogP) is 1.71. The summed E-state index contributed by atoms with van der Waals surface area (Å²) in [5.41, 5.74) is 0.691. The Labute approximate surface area is 87.3 Å². The molecule has 0 aliphatic heterocycles. The summed E-state index contributed by atoms with van der Waals surface area (Å²) >= 11 is 3.27. The van der Waals surface area contributed by atoms with Gasteiger partial charge in [-0.05, 0) is 22.0 Å². The third-order valence-corrected chi connectivity index (χ3v) is 1.94. The van der Waals surface area contributed by atoms with Gasteiger partial charge < -0.3 is 4.52 Å². The molecule has 2 aromatic rings. The van der Waals surface area contributed by atoms with Crippen LogP contribution in [0.5, 0.6) is 0 Å². The van der Waals surface area contributed by atoms with E-state index in [2.05, 4.69) is 35.6 Å². The minimum atomic E-state index is -0.0417. The zero-order chi connectivity index (χ0) is 9.97. The Balaban J connectivity index is 2.43. The molecule has 0 atom stereocenters. The first-order valence-electron chi connectivity index (χ1n) is 3.69. The van der Waals surface area contributed by atoms with E-state index in [-0.39, 0.29) is 5.89 Å². The first kappa shape index (κ1) is 9.01. The van der Waals surface area contributed by atoms with Crippen LogP contribution < -0.4 is 0 Å². The summed E-state index contributed by atoms with van der Waals surface area (Å²) in [4.78, 5) is 18.1. The molecule has 2 rings (SSSR count). The molecule has 0 saturated heterocycles. The van der Waals surface area contributed by atoms with Gasteiger partial charge in [-0.2, -0.15) is 4.98 Å². The van der Waals surface area contributed by atoms with Gasteiger partial charge in [0.05, 0.1) is 0 Å². The van der Waals surface area contributed by atoms with E-state index in [1.54, 1.807) is 18.5 Å². The lowest BCUT2D eigenvalue weighted by Crippen LogP contribution is -1.83. The van der Waals surface area contributed by atoms with Crippen molar-refractivity contribution in [1.29, 1.82) is 0 Å². The first-order chi connectivity index (χ1) is 6.79. The van der Waals surface area contributed by atoms with Gasteiger partial charge in [0.25, 0.3) is 5.89 Å². The molecule has 0 saturated carbocycles. The topological polar surface area (TPSA) is 68.9 Å². The molecule has 0 unspecified atom stereocenters. The first-order valence-corrected chi connectivity index (χ1v) is 4.48. The maximum Gasteiger partial charge on any atom is 0.291 e. The average Bonchev–Trinajstić information content (AvgIpc) is 2.66. The van der Waals surface area contributed by atoms with E-state index in [0.29, 0.717) is 17.7 Å². The maximum atomic E-state index is 10.3. The Morgan fingerprint density at radius 1 is 1.43 bits per heavy atom. The normalized spacial score (nSPS) is 10.1. The van der Waals surface area contributed by atoms with E-state index in [1.807, 2.05) is 0 Å². The molecule has 0 bridgehead atoms. The van der Waals surface area contributed by atoms with E-state index in [9.17, 15) is 4.79 Å². The van der Waals surface area contributed by atoms with E-state index >= 15 is 0 Å². The summed E-state index contributed by atoms with van der Waals surface area (Å²) in [6.45, 7) is 0. The zero-order valence-corrected chi connectivity index (χ0v) is 8.43. The summed E-state index contributed by atoms with van der Waals surface area (Å²) < 4.78 is 5.45. The Morgan fingerprint density at radius 3 is 2.93 bits per heavy atom. The maximum absolute atomic E-state index is 10.3. The summed E-state index contributed by atoms with van der Waals surface area (Å²) in [6.07, 6.45) is 3.73. The van der Waals surface area contributed by atoms with E-state index in [0.717, 1.165) is 4.47 Å². The zero-order valence-electron chi connectivity index (χ0n) is 6.85. The van der Waals surface area contributed by atoms with Crippen molar-refractivity contribution < 1.29 is 9.32 Å². The van der Waals surface area contributed by atoms with Crippen LogP contribution in [0.15, 0.2) is 27.5 Å². The monoisotopic (exact) mass is 253 g/mol. The summed E-state index contributed by atoms with van der Waals surface area (Å²) in [7, 11) is 0. The van der Waals surface area contributed by atoms with Gasteiger partial charge in [-0.25, -0.2) is 0 Å². The number of nitrogens with zero attached hydrogens (tertiary/aromatic N) is 3. The van der Waals surface area contributed by atoms with Crippen LogP contribution in [0.3, 0.4) is 0 Å². The quantitative estimate of drug-likeness (QED) is 0.763. The van der Waals surface area contributed by atoms with Crippen molar-refractivity contribution in [2.45, 2.75) is 0 Å². The van der Waals surface area contributed by atoms with Crippen LogP contribution in [0.1, 0.15) is 10.7 Å². The Morgan fingerprint density at radius 2 is 2.29 bits per heavy atom. The van der Waals surface area contributed by atoms with Crippen molar-refractivity contribution in [2.75, 3.05) is 0 Å². The Bertz CT molecular complexity index is 469. The van der Waals surface area contributed by atoms with Crippen LogP contribution in [0.2, 0.25) is 0 Å². The van der Waals surface area contributed by atoms with Crippen LogP contribution in [-0.2, 0) is 0 Å². The van der Waals surface area contributed by atoms with Gasteiger partial charge in [0, 0.05) is 22.4 Å². The molecule has 14 heavy (non-hydrogen) atoms. The van der Waals surface area contributed by atoms with Crippen LogP contribution >= 0.6 is 15.9 Å². The third kappa shape index (κ3) is 1.69. The van der Waals surface area contributed by atoms with E-state index < -0.39 is 0 Å². The molecular formula is C8H4BrN3O2. The van der Waals surface area contributed by atoms with Crippen LogP contribution in [0, 0.1) is 0 Å². The van der Waals surface area contributed by atoms with Gasteiger partial charge in [-0.15, -0.1) is 0 Å². The molecule has 0 amide bonds. The molecule has 0 aliphatic carbocycles. The minimum absolute atomic E-state index is 0.0417. The van der Waals surface area contributed by atoms with Gasteiger partial charge in [0.1, 0.15) is 0 Å². The van der Waals surface area contributed by atoms with Gasteiger partial charge in [0.2, 0.25) is 12.1 Å². The van der Waals surface area contributed by atoms with Crippen LogP contribution in [0.25, 0.3) is 11.4 Å². The van der Waals surface area contributed by atoms with Gasteiger partial charge in [-0.1, -0.05) is 5.16 Å². The molecular weight excluding hydrogens is 250 g/mol. The fourth-order valence-electron chi connectivity index (χ4n) is 0.934. The number of aldehydes is 1. The standard InChI is InChI=1S/C8H4BrN3O2/c9-6-1-5(2-10-3-6)8-11-7(4-13)14-12-8/h1-4H. The highest BCUT2D eigenvalue weighted by Crippen LogP contribution is 2.18. The van der Waals surface area contributed by atoms with Crippen molar-refractivity contribution in [2.24, 2.45) is 0 Å². The number of carbonyl (C=O) groups is 1. The highest BCUT2D eigenvalue weighted by molar-refractivity contribution is 9.10. The highest BCUT2D eigenvalue weighted by Gasteiger charge is 2.07. The number of hydrogen-bond donors (Lipinski definition) is 0. The number of hydrogen-bond acceptors (Lipinski definition) is 5. The average molecular weight is 254 g/mol. The predicted molar refractivity (Wildman–Crippen MR) is 50.6 cm³/mol. The largest absolute Gasteiger partial charge is 0.331 e. The lowest BCUT2D eigenvalue weighted by atomic mass is 10.3. The molecule has 0 radical (unpaired) electrons. The molecule has 5 nitrogen and oxygen atoms in total. The van der Waals surface area contributed by atoms with Gasteiger partial charge in [-0.3, -0.25) is 9.78 Å². The van der Waals surface area contributed by atoms with Crippen molar-refractivity contribution in [1.82, 2.24) is 15.1 Å². The van der Waals surface area contributed by atoms with Crippen molar-refractivity contribution >= 4 is 22.2 Å². The summed E-state index contributed by atoms with van der Waals surface area (Å²) in [6, 6.07) is 1.78. The highest BCUT2D eigenvalue weighted by atomic mass is 79.9. The Kier molecular flexibility index (Phi) is 2.36. The molecule has 2 heterocycles. The van der Waals surface area contributed by atoms with Gasteiger partial charge >= 0.3 is 0 Å². The number of carbonyl (C=O) groups excluding carboxylic acids is 1. The van der Waals surface area contributed by atoms with E-state index in [4.69, 9.17) is 0 Å². The van der Waals surface area contributed by atoms with Gasteiger partial charge in [0.15, 0.2) is 0 Å². The molecule has 0 spiro atoms. The SMILES string of the molecule is O=Cc1nc(-c2cncc(Br)c2)no1. The lowest BCUT2D eigenvalue weighted by molar-refractivity contribution is 0.108. The molecule has 0 N–H and O–H groups in total. The molecule has 0 fully saturated rings. The smallest absolute Gasteiger partial charge is 0.291 e. The third-order valence-electron chi connectivity index (χ3n) is 1.51. The fourth-order valence-corrected chi connectivity index (χ4v) is 1.30. The molecule has 70 valence electrons. The van der Waals surface area contributed by atoms with Crippen molar-refractivity contribution in [3.63, 3.8) is 0 Å². The second-order valence-electron chi connectivity index (χ2n) is 2.47.